The molecule has 0 saturated heterocycles. The van der Waals surface area contributed by atoms with Gasteiger partial charge in [0.2, 0.25) is 0 Å². The molecule has 1 aromatic heterocycles. The third-order valence-electron chi connectivity index (χ3n) is 2.77. The van der Waals surface area contributed by atoms with Crippen LogP contribution in [0.4, 0.5) is 0 Å². The third kappa shape index (κ3) is 1.67. The molecule has 0 bridgehead atoms. The van der Waals surface area contributed by atoms with Gasteiger partial charge in [-0.1, -0.05) is 11.6 Å². The largest absolute Gasteiger partial charge is 0.384 e. The summed E-state index contributed by atoms with van der Waals surface area (Å²) in [6, 6.07) is 0. The fraction of sp³-hybridized carbons (Fsp3) is 0.700. The summed E-state index contributed by atoms with van der Waals surface area (Å²) >= 11 is 0. The number of aliphatic hydroxyl groups excluding tert-OH is 1. The topological polar surface area (TPSA) is 72.3 Å². The smallest absolute Gasteiger partial charge is 0.169 e. The van der Waals surface area contributed by atoms with Crippen LogP contribution in [0.3, 0.4) is 0 Å². The molecule has 4 heteroatoms. The highest BCUT2D eigenvalue weighted by atomic mass is 16.5. The molecule has 1 aromatic rings. The molecule has 0 aliphatic heterocycles. The van der Waals surface area contributed by atoms with Crippen molar-refractivity contribution in [2.45, 2.75) is 38.2 Å². The number of aromatic nitrogens is 1. The predicted octanol–water partition coefficient (Wildman–Crippen LogP) is 0.936. The van der Waals surface area contributed by atoms with Gasteiger partial charge in [-0.25, -0.2) is 0 Å². The highest BCUT2D eigenvalue weighted by Crippen LogP contribution is 2.26. The number of fused-ring (bicyclic) bond motifs is 1. The van der Waals surface area contributed by atoms with Crippen molar-refractivity contribution in [3.8, 4) is 0 Å². The van der Waals surface area contributed by atoms with Gasteiger partial charge >= 0.3 is 0 Å². The summed E-state index contributed by atoms with van der Waals surface area (Å²) in [4.78, 5) is 0. The summed E-state index contributed by atoms with van der Waals surface area (Å²) in [5.41, 5.74) is 7.51. The zero-order chi connectivity index (χ0) is 9.97. The molecule has 14 heavy (non-hydrogen) atoms. The second-order valence-corrected chi connectivity index (χ2v) is 3.78. The van der Waals surface area contributed by atoms with Gasteiger partial charge in [0.15, 0.2) is 5.76 Å². The van der Waals surface area contributed by atoms with E-state index in [0.29, 0.717) is 5.76 Å². The zero-order valence-corrected chi connectivity index (χ0v) is 8.20. The lowest BCUT2D eigenvalue weighted by Crippen LogP contribution is -2.12. The normalized spacial score (nSPS) is 18.7. The Bertz CT molecular complexity index is 309. The van der Waals surface area contributed by atoms with E-state index in [1.165, 1.54) is 6.42 Å². The Kier molecular flexibility index (Phi) is 2.84. The Morgan fingerprint density at radius 3 is 2.93 bits per heavy atom. The highest BCUT2D eigenvalue weighted by Gasteiger charge is 2.22. The Balaban J connectivity index is 2.29. The monoisotopic (exact) mass is 196 g/mol. The molecule has 1 aliphatic rings. The average molecular weight is 196 g/mol. The zero-order valence-electron chi connectivity index (χ0n) is 8.20. The SMILES string of the molecule is NCC(O)c1onc2c1CCCCC2. The van der Waals surface area contributed by atoms with Crippen LogP contribution in [-0.2, 0) is 12.8 Å². The van der Waals surface area contributed by atoms with Gasteiger partial charge in [-0.15, -0.1) is 0 Å². The molecule has 1 unspecified atom stereocenters. The third-order valence-corrected chi connectivity index (χ3v) is 2.77. The predicted molar refractivity (Wildman–Crippen MR) is 51.8 cm³/mol. The first-order chi connectivity index (χ1) is 6.83. The summed E-state index contributed by atoms with van der Waals surface area (Å²) in [6.07, 6.45) is 4.79. The first-order valence-corrected chi connectivity index (χ1v) is 5.18. The molecule has 78 valence electrons. The Morgan fingerprint density at radius 1 is 1.36 bits per heavy atom. The molecule has 0 spiro atoms. The maximum atomic E-state index is 9.61. The van der Waals surface area contributed by atoms with E-state index in [0.717, 1.165) is 36.9 Å². The number of hydrogen-bond donors (Lipinski definition) is 2. The number of nitrogens with zero attached hydrogens (tertiary/aromatic N) is 1. The van der Waals surface area contributed by atoms with Crippen LogP contribution >= 0.6 is 0 Å². The van der Waals surface area contributed by atoms with E-state index < -0.39 is 6.10 Å². The molecular formula is C10H16N2O2. The van der Waals surface area contributed by atoms with E-state index in [1.54, 1.807) is 0 Å². The summed E-state index contributed by atoms with van der Waals surface area (Å²) < 4.78 is 5.15. The van der Waals surface area contributed by atoms with Gasteiger partial charge < -0.3 is 15.4 Å². The van der Waals surface area contributed by atoms with Crippen LogP contribution in [0.2, 0.25) is 0 Å². The lowest BCUT2D eigenvalue weighted by atomic mass is 10.1. The van der Waals surface area contributed by atoms with Gasteiger partial charge in [0.05, 0.1) is 5.69 Å². The minimum absolute atomic E-state index is 0.196. The van der Waals surface area contributed by atoms with E-state index in [9.17, 15) is 5.11 Å². The van der Waals surface area contributed by atoms with Gasteiger partial charge in [0.25, 0.3) is 0 Å². The molecule has 2 rings (SSSR count). The number of hydrogen-bond acceptors (Lipinski definition) is 4. The van der Waals surface area contributed by atoms with E-state index in [4.69, 9.17) is 10.3 Å². The van der Waals surface area contributed by atoms with Crippen LogP contribution in [0.25, 0.3) is 0 Å². The minimum Gasteiger partial charge on any atom is -0.384 e. The van der Waals surface area contributed by atoms with Gasteiger partial charge in [-0.2, -0.15) is 0 Å². The maximum absolute atomic E-state index is 9.61. The lowest BCUT2D eigenvalue weighted by molar-refractivity contribution is 0.145. The van der Waals surface area contributed by atoms with Crippen LogP contribution in [0.5, 0.6) is 0 Å². The van der Waals surface area contributed by atoms with Crippen molar-refractivity contribution in [2.75, 3.05) is 6.54 Å². The summed E-state index contributed by atoms with van der Waals surface area (Å²) in [5, 5.41) is 13.6. The fourth-order valence-electron chi connectivity index (χ4n) is 1.96. The van der Waals surface area contributed by atoms with Crippen molar-refractivity contribution in [2.24, 2.45) is 5.73 Å². The second-order valence-electron chi connectivity index (χ2n) is 3.78. The Morgan fingerprint density at radius 2 is 2.14 bits per heavy atom. The van der Waals surface area contributed by atoms with Crippen LogP contribution in [0.1, 0.15) is 42.4 Å². The van der Waals surface area contributed by atoms with Crippen LogP contribution in [0, 0.1) is 0 Å². The van der Waals surface area contributed by atoms with Gasteiger partial charge in [0.1, 0.15) is 6.10 Å². The van der Waals surface area contributed by atoms with Crippen molar-refractivity contribution >= 4 is 0 Å². The Hall–Kier alpha value is -0.870. The summed E-state index contributed by atoms with van der Waals surface area (Å²) in [5.74, 6) is 0.587. The van der Waals surface area contributed by atoms with Gasteiger partial charge in [-0.3, -0.25) is 0 Å². The number of rotatable bonds is 2. The number of nitrogens with two attached hydrogens (primary N) is 1. The first-order valence-electron chi connectivity index (χ1n) is 5.18. The standard InChI is InChI=1S/C10H16N2O2/c11-6-9(13)10-7-4-2-1-3-5-8(7)12-14-10/h9,13H,1-6,11H2. The maximum Gasteiger partial charge on any atom is 0.169 e. The van der Waals surface area contributed by atoms with Crippen molar-refractivity contribution in [3.05, 3.63) is 17.0 Å². The molecule has 1 atom stereocenters. The molecular weight excluding hydrogens is 180 g/mol. The molecule has 3 N–H and O–H groups in total. The average Bonchev–Trinajstić information content (AvgIpc) is 2.46. The molecule has 4 nitrogen and oxygen atoms in total. The molecule has 0 saturated carbocycles. The number of aryl methyl sites for hydroxylation is 1. The van der Waals surface area contributed by atoms with Crippen LogP contribution in [-0.4, -0.2) is 16.8 Å². The highest BCUT2D eigenvalue weighted by molar-refractivity contribution is 5.26. The van der Waals surface area contributed by atoms with Crippen molar-refractivity contribution in [3.63, 3.8) is 0 Å². The minimum atomic E-state index is -0.690. The van der Waals surface area contributed by atoms with E-state index >= 15 is 0 Å². The quantitative estimate of drug-likeness (QED) is 0.690. The molecule has 0 radical (unpaired) electrons. The second kappa shape index (κ2) is 4.11. The lowest BCUT2D eigenvalue weighted by Gasteiger charge is -2.05. The van der Waals surface area contributed by atoms with Crippen molar-refractivity contribution in [1.82, 2.24) is 5.16 Å². The molecule has 0 amide bonds. The fourth-order valence-corrected chi connectivity index (χ4v) is 1.96. The van der Waals surface area contributed by atoms with E-state index in [-0.39, 0.29) is 6.54 Å². The summed E-state index contributed by atoms with van der Waals surface area (Å²) in [7, 11) is 0. The summed E-state index contributed by atoms with van der Waals surface area (Å²) in [6.45, 7) is 0.196. The van der Waals surface area contributed by atoms with E-state index in [2.05, 4.69) is 5.16 Å². The van der Waals surface area contributed by atoms with Crippen LogP contribution < -0.4 is 5.73 Å². The molecule has 0 aromatic carbocycles. The molecule has 1 heterocycles. The van der Waals surface area contributed by atoms with Gasteiger partial charge in [-0.05, 0) is 25.7 Å². The Labute approximate surface area is 83.1 Å². The number of aliphatic hydroxyl groups is 1. The molecule has 0 fully saturated rings. The molecule has 1 aliphatic carbocycles. The van der Waals surface area contributed by atoms with Crippen molar-refractivity contribution in [1.29, 1.82) is 0 Å². The van der Waals surface area contributed by atoms with Crippen molar-refractivity contribution < 1.29 is 9.63 Å². The first kappa shape index (κ1) is 9.68. The van der Waals surface area contributed by atoms with Crippen LogP contribution in [0.15, 0.2) is 4.52 Å². The van der Waals surface area contributed by atoms with E-state index in [1.807, 2.05) is 0 Å². The van der Waals surface area contributed by atoms with Gasteiger partial charge in [0, 0.05) is 12.1 Å².